The molecule has 12 heteroatoms. The van der Waals surface area contributed by atoms with E-state index >= 15 is 0 Å². The van der Waals surface area contributed by atoms with Crippen LogP contribution in [0.2, 0.25) is 5.02 Å². The molecule has 0 spiro atoms. The van der Waals surface area contributed by atoms with Crippen LogP contribution in [-0.2, 0) is 24.4 Å². The van der Waals surface area contributed by atoms with Crippen LogP contribution in [-0.4, -0.2) is 61.3 Å². The molecule has 9 nitrogen and oxygen atoms in total. The molecule has 1 saturated heterocycles. The third kappa shape index (κ3) is 5.92. The van der Waals surface area contributed by atoms with Crippen molar-refractivity contribution in [3.63, 3.8) is 0 Å². The van der Waals surface area contributed by atoms with Crippen molar-refractivity contribution in [2.45, 2.75) is 38.6 Å². The summed E-state index contributed by atoms with van der Waals surface area (Å²) in [4.78, 5) is 27.0. The van der Waals surface area contributed by atoms with E-state index in [1.807, 2.05) is 6.08 Å². The monoisotopic (exact) mass is 581 g/mol. The van der Waals surface area contributed by atoms with Crippen LogP contribution in [0.4, 0.5) is 8.78 Å². The average Bonchev–Trinajstić information content (AvgIpc) is 3.27. The lowest BCUT2D eigenvalue weighted by molar-refractivity contribution is -0.0591. The summed E-state index contributed by atoms with van der Waals surface area (Å²) in [6, 6.07) is 9.15. The Morgan fingerprint density at radius 2 is 2.02 bits per heavy atom. The fourth-order valence-corrected chi connectivity index (χ4v) is 5.07. The second-order valence-electron chi connectivity index (χ2n) is 10.0. The number of carboxylic acid groups (broad SMARTS) is 1. The number of benzene rings is 2. The molecule has 0 aliphatic carbocycles. The topological polar surface area (TPSA) is 103 Å². The number of hydrogen-bond donors (Lipinski definition) is 1. The van der Waals surface area contributed by atoms with Gasteiger partial charge in [-0.1, -0.05) is 23.7 Å². The molecule has 2 aliphatic heterocycles. The van der Waals surface area contributed by atoms with E-state index in [4.69, 9.17) is 26.1 Å². The number of aromatic nitrogens is 4. The zero-order chi connectivity index (χ0) is 28.5. The minimum atomic E-state index is -0.983. The Bertz CT molecular complexity index is 1660. The van der Waals surface area contributed by atoms with E-state index in [1.165, 1.54) is 18.2 Å². The molecule has 41 heavy (non-hydrogen) atoms. The standard InChI is InChI=1S/C29H26ClF2N5O4/c30-20-3-1-19(22(31)12-20)16-41-28-23(32)13-33-27(35-28)17-5-8-36(9-6-17)15-26-34-24-4-2-18(29(38)39)11-25(24)37(26)14-21-7-10-40-21/h1-5,11-13,21H,6-10,14-16H2,(H,38,39). The quantitative estimate of drug-likeness (QED) is 0.291. The number of nitrogens with zero attached hydrogens (tertiary/aromatic N) is 5. The molecule has 1 N–H and O–H groups in total. The number of carbonyl (C=O) groups is 1. The summed E-state index contributed by atoms with van der Waals surface area (Å²) in [7, 11) is 0. The number of aromatic carboxylic acids is 1. The second kappa shape index (κ2) is 11.5. The van der Waals surface area contributed by atoms with Gasteiger partial charge in [0.25, 0.3) is 5.88 Å². The Hall–Kier alpha value is -3.93. The first-order valence-electron chi connectivity index (χ1n) is 13.2. The predicted molar refractivity (Wildman–Crippen MR) is 147 cm³/mol. The summed E-state index contributed by atoms with van der Waals surface area (Å²) >= 11 is 5.79. The molecule has 0 bridgehead atoms. The summed E-state index contributed by atoms with van der Waals surface area (Å²) in [5, 5.41) is 9.73. The van der Waals surface area contributed by atoms with Crippen LogP contribution >= 0.6 is 11.6 Å². The van der Waals surface area contributed by atoms with E-state index in [0.29, 0.717) is 38.4 Å². The maximum atomic E-state index is 14.4. The van der Waals surface area contributed by atoms with Crippen molar-refractivity contribution in [1.82, 2.24) is 24.4 Å². The van der Waals surface area contributed by atoms with Crippen molar-refractivity contribution in [3.05, 3.63) is 88.1 Å². The molecule has 2 aromatic carbocycles. The van der Waals surface area contributed by atoms with Crippen molar-refractivity contribution >= 4 is 34.2 Å². The van der Waals surface area contributed by atoms with Gasteiger partial charge in [-0.05, 0) is 48.7 Å². The number of hydrogen-bond acceptors (Lipinski definition) is 7. The lowest BCUT2D eigenvalue weighted by Crippen LogP contribution is -2.33. The van der Waals surface area contributed by atoms with E-state index in [1.54, 1.807) is 18.2 Å². The first-order chi connectivity index (χ1) is 19.8. The van der Waals surface area contributed by atoms with Crippen LogP contribution in [0, 0.1) is 11.6 Å². The molecule has 4 aromatic rings. The summed E-state index contributed by atoms with van der Waals surface area (Å²) in [5.74, 6) is -1.32. The zero-order valence-corrected chi connectivity index (χ0v) is 22.7. The summed E-state index contributed by atoms with van der Waals surface area (Å²) < 4.78 is 41.7. The number of ether oxygens (including phenoxy) is 2. The first kappa shape index (κ1) is 27.3. The van der Waals surface area contributed by atoms with Crippen LogP contribution in [0.25, 0.3) is 16.6 Å². The van der Waals surface area contributed by atoms with Gasteiger partial charge in [0.15, 0.2) is 5.82 Å². The van der Waals surface area contributed by atoms with Crippen LogP contribution in [0.3, 0.4) is 0 Å². The van der Waals surface area contributed by atoms with Crippen molar-refractivity contribution in [3.8, 4) is 5.88 Å². The highest BCUT2D eigenvalue weighted by atomic mass is 35.5. The van der Waals surface area contributed by atoms with Gasteiger partial charge in [0.2, 0.25) is 5.82 Å². The molecule has 0 amide bonds. The smallest absolute Gasteiger partial charge is 0.335 e. The molecule has 1 unspecified atom stereocenters. The molecular formula is C29H26ClF2N5O4. The van der Waals surface area contributed by atoms with Crippen molar-refractivity contribution in [2.24, 2.45) is 0 Å². The highest BCUT2D eigenvalue weighted by Gasteiger charge is 2.24. The number of rotatable bonds is 9. The summed E-state index contributed by atoms with van der Waals surface area (Å²) in [6.45, 7) is 2.95. The third-order valence-electron chi connectivity index (χ3n) is 7.29. The molecule has 1 atom stereocenters. The number of fused-ring (bicyclic) bond motifs is 1. The SMILES string of the molecule is O=C(O)c1ccc2nc(CN3CC=C(c4ncc(F)c(OCc5ccc(Cl)cc5F)n4)CC3)n(CC3CCO3)c2c1. The number of imidazole rings is 1. The van der Waals surface area contributed by atoms with Gasteiger partial charge >= 0.3 is 5.97 Å². The largest absolute Gasteiger partial charge is 0.478 e. The third-order valence-corrected chi connectivity index (χ3v) is 7.53. The maximum absolute atomic E-state index is 14.4. The fraction of sp³-hybridized carbons (Fsp3) is 0.310. The lowest BCUT2D eigenvalue weighted by Gasteiger charge is -2.29. The van der Waals surface area contributed by atoms with Gasteiger partial charge < -0.3 is 19.1 Å². The highest BCUT2D eigenvalue weighted by Crippen LogP contribution is 2.27. The Balaban J connectivity index is 1.17. The second-order valence-corrected chi connectivity index (χ2v) is 10.5. The summed E-state index contributed by atoms with van der Waals surface area (Å²) in [5.41, 5.74) is 2.81. The Labute approximate surface area is 239 Å². The van der Waals surface area contributed by atoms with Gasteiger partial charge in [-0.15, -0.1) is 0 Å². The number of halogens is 3. The fourth-order valence-electron chi connectivity index (χ4n) is 4.91. The van der Waals surface area contributed by atoms with Crippen molar-refractivity contribution in [1.29, 1.82) is 0 Å². The lowest BCUT2D eigenvalue weighted by atomic mass is 10.1. The minimum absolute atomic E-state index is 0.0794. The van der Waals surface area contributed by atoms with Crippen LogP contribution in [0.5, 0.6) is 5.88 Å². The van der Waals surface area contributed by atoms with Gasteiger partial charge in [0.05, 0.1) is 42.0 Å². The molecule has 2 aliphatic rings. The van der Waals surface area contributed by atoms with E-state index in [-0.39, 0.29) is 34.7 Å². The molecule has 0 saturated carbocycles. The normalized spacial score (nSPS) is 17.3. The Kier molecular flexibility index (Phi) is 7.65. The predicted octanol–water partition coefficient (Wildman–Crippen LogP) is 5.11. The summed E-state index contributed by atoms with van der Waals surface area (Å²) in [6.07, 6.45) is 4.69. The van der Waals surface area contributed by atoms with Crippen molar-refractivity contribution in [2.75, 3.05) is 19.7 Å². The molecule has 1 fully saturated rings. The van der Waals surface area contributed by atoms with Crippen LogP contribution in [0.15, 0.2) is 48.7 Å². The molecule has 0 radical (unpaired) electrons. The zero-order valence-electron chi connectivity index (χ0n) is 21.9. The highest BCUT2D eigenvalue weighted by molar-refractivity contribution is 6.30. The van der Waals surface area contributed by atoms with Crippen LogP contribution < -0.4 is 4.74 Å². The average molecular weight is 582 g/mol. The van der Waals surface area contributed by atoms with Gasteiger partial charge in [-0.3, -0.25) is 4.90 Å². The molecular weight excluding hydrogens is 556 g/mol. The molecule has 6 rings (SSSR count). The van der Waals surface area contributed by atoms with E-state index in [0.717, 1.165) is 41.7 Å². The van der Waals surface area contributed by atoms with E-state index in [2.05, 4.69) is 19.4 Å². The van der Waals surface area contributed by atoms with Gasteiger partial charge in [0, 0.05) is 30.3 Å². The minimum Gasteiger partial charge on any atom is -0.478 e. The van der Waals surface area contributed by atoms with Gasteiger partial charge in [-0.25, -0.2) is 19.2 Å². The number of carboxylic acids is 1. The molecule has 212 valence electrons. The first-order valence-corrected chi connectivity index (χ1v) is 13.6. The molecule has 4 heterocycles. The van der Waals surface area contributed by atoms with Gasteiger partial charge in [-0.2, -0.15) is 9.37 Å². The van der Waals surface area contributed by atoms with Gasteiger partial charge in [0.1, 0.15) is 18.2 Å². The molecule has 2 aromatic heterocycles. The Morgan fingerprint density at radius 1 is 1.17 bits per heavy atom. The Morgan fingerprint density at radius 3 is 2.73 bits per heavy atom. The maximum Gasteiger partial charge on any atom is 0.335 e. The van der Waals surface area contributed by atoms with Crippen molar-refractivity contribution < 1.29 is 28.2 Å². The van der Waals surface area contributed by atoms with E-state index in [9.17, 15) is 18.7 Å². The van der Waals surface area contributed by atoms with Crippen LogP contribution in [0.1, 0.15) is 40.4 Å². The van der Waals surface area contributed by atoms with E-state index < -0.39 is 17.6 Å².